The van der Waals surface area contributed by atoms with E-state index < -0.39 is 17.8 Å². The standard InChI is InChI=1S/C27H20Br2ClN3O5/c1-14-3-8-22(15(2)9-14)31-23(34)13-38-24-20(28)11-16(12-21(24)29)10-19-25(35)32-27(37)33(26(19)36)18-6-4-17(30)5-7-18/h3-12H,13H2,1-2H3,(H,31,34)(H,32,35,37)/b19-10-. The first-order valence-electron chi connectivity index (χ1n) is 11.2. The van der Waals surface area contributed by atoms with Crippen LogP contribution in [0.25, 0.3) is 6.08 Å². The molecule has 0 atom stereocenters. The number of urea groups is 1. The number of rotatable bonds is 6. The molecular formula is C27H20Br2ClN3O5. The van der Waals surface area contributed by atoms with Crippen molar-refractivity contribution >= 4 is 84.7 Å². The van der Waals surface area contributed by atoms with Crippen molar-refractivity contribution in [2.45, 2.75) is 13.8 Å². The molecule has 194 valence electrons. The Kier molecular flexibility index (Phi) is 8.35. The number of aryl methyl sites for hydroxylation is 2. The van der Waals surface area contributed by atoms with Crippen molar-refractivity contribution in [3.8, 4) is 5.75 Å². The van der Waals surface area contributed by atoms with Gasteiger partial charge in [0.1, 0.15) is 11.3 Å². The topological polar surface area (TPSA) is 105 Å². The van der Waals surface area contributed by atoms with Crippen LogP contribution in [0, 0.1) is 13.8 Å². The van der Waals surface area contributed by atoms with Gasteiger partial charge in [-0.3, -0.25) is 19.7 Å². The Balaban J connectivity index is 1.51. The number of amides is 5. The van der Waals surface area contributed by atoms with Gasteiger partial charge in [-0.15, -0.1) is 0 Å². The number of carbonyl (C=O) groups excluding carboxylic acids is 4. The highest BCUT2D eigenvalue weighted by Crippen LogP contribution is 2.36. The van der Waals surface area contributed by atoms with E-state index in [9.17, 15) is 19.2 Å². The molecule has 0 spiro atoms. The third kappa shape index (κ3) is 6.15. The summed E-state index contributed by atoms with van der Waals surface area (Å²) in [4.78, 5) is 51.3. The zero-order valence-corrected chi connectivity index (χ0v) is 24.0. The van der Waals surface area contributed by atoms with E-state index in [2.05, 4.69) is 42.5 Å². The lowest BCUT2D eigenvalue weighted by Gasteiger charge is -2.26. The summed E-state index contributed by atoms with van der Waals surface area (Å²) in [5.74, 6) is -1.57. The number of ether oxygens (including phenoxy) is 1. The molecule has 1 saturated heterocycles. The number of nitrogens with one attached hydrogen (secondary N) is 2. The summed E-state index contributed by atoms with van der Waals surface area (Å²) in [7, 11) is 0. The van der Waals surface area contributed by atoms with Gasteiger partial charge >= 0.3 is 6.03 Å². The van der Waals surface area contributed by atoms with Crippen LogP contribution in [0.4, 0.5) is 16.2 Å². The first-order chi connectivity index (χ1) is 18.0. The largest absolute Gasteiger partial charge is 0.481 e. The van der Waals surface area contributed by atoms with E-state index in [-0.39, 0.29) is 23.8 Å². The van der Waals surface area contributed by atoms with Gasteiger partial charge in [-0.05, 0) is 105 Å². The first kappa shape index (κ1) is 27.6. The second kappa shape index (κ2) is 11.5. The lowest BCUT2D eigenvalue weighted by Crippen LogP contribution is -2.54. The molecule has 1 aliphatic rings. The molecule has 2 N–H and O–H groups in total. The van der Waals surface area contributed by atoms with Gasteiger partial charge in [0.2, 0.25) is 0 Å². The van der Waals surface area contributed by atoms with E-state index in [1.807, 2.05) is 32.0 Å². The smallest absolute Gasteiger partial charge is 0.335 e. The fourth-order valence-corrected chi connectivity index (χ4v) is 5.30. The van der Waals surface area contributed by atoms with Crippen molar-refractivity contribution < 1.29 is 23.9 Å². The quantitative estimate of drug-likeness (QED) is 0.243. The summed E-state index contributed by atoms with van der Waals surface area (Å²) >= 11 is 12.7. The molecule has 0 radical (unpaired) electrons. The molecule has 0 bridgehead atoms. The molecular weight excluding hydrogens is 642 g/mol. The van der Waals surface area contributed by atoms with Crippen LogP contribution in [0.2, 0.25) is 5.02 Å². The summed E-state index contributed by atoms with van der Waals surface area (Å²) in [6.45, 7) is 3.64. The van der Waals surface area contributed by atoms with Gasteiger partial charge in [-0.25, -0.2) is 9.69 Å². The number of imide groups is 2. The summed E-state index contributed by atoms with van der Waals surface area (Å²) in [5.41, 5.74) is 3.23. The van der Waals surface area contributed by atoms with Crippen molar-refractivity contribution in [1.82, 2.24) is 5.32 Å². The molecule has 3 aromatic carbocycles. The monoisotopic (exact) mass is 659 g/mol. The molecule has 4 rings (SSSR count). The fraction of sp³-hybridized carbons (Fsp3) is 0.111. The van der Waals surface area contributed by atoms with Gasteiger partial charge in [-0.1, -0.05) is 29.3 Å². The zero-order chi connectivity index (χ0) is 27.6. The van der Waals surface area contributed by atoms with E-state index in [4.69, 9.17) is 16.3 Å². The fourth-order valence-electron chi connectivity index (χ4n) is 3.73. The van der Waals surface area contributed by atoms with Crippen molar-refractivity contribution in [2.24, 2.45) is 0 Å². The van der Waals surface area contributed by atoms with E-state index >= 15 is 0 Å². The summed E-state index contributed by atoms with van der Waals surface area (Å²) in [6.07, 6.45) is 1.36. The van der Waals surface area contributed by atoms with Crippen molar-refractivity contribution in [3.05, 3.63) is 90.8 Å². The Morgan fingerprint density at radius 1 is 1.03 bits per heavy atom. The average molecular weight is 662 g/mol. The Hall–Kier alpha value is -3.47. The third-order valence-corrected chi connectivity index (χ3v) is 6.95. The highest BCUT2D eigenvalue weighted by molar-refractivity contribution is 9.11. The van der Waals surface area contributed by atoms with Gasteiger partial charge in [0.15, 0.2) is 6.61 Å². The van der Waals surface area contributed by atoms with Gasteiger partial charge < -0.3 is 10.1 Å². The predicted octanol–water partition coefficient (Wildman–Crippen LogP) is 6.17. The van der Waals surface area contributed by atoms with Crippen LogP contribution < -0.4 is 20.3 Å². The van der Waals surface area contributed by atoms with Crippen LogP contribution in [0.5, 0.6) is 5.75 Å². The average Bonchev–Trinajstić information content (AvgIpc) is 2.84. The maximum Gasteiger partial charge on any atom is 0.335 e. The van der Waals surface area contributed by atoms with Gasteiger partial charge in [-0.2, -0.15) is 0 Å². The Morgan fingerprint density at radius 2 is 1.68 bits per heavy atom. The molecule has 3 aromatic rings. The molecule has 0 saturated carbocycles. The van der Waals surface area contributed by atoms with Crippen LogP contribution in [-0.2, 0) is 14.4 Å². The van der Waals surface area contributed by atoms with Crippen LogP contribution in [0.15, 0.2) is 69.1 Å². The molecule has 8 nitrogen and oxygen atoms in total. The zero-order valence-electron chi connectivity index (χ0n) is 20.1. The van der Waals surface area contributed by atoms with Crippen molar-refractivity contribution in [1.29, 1.82) is 0 Å². The molecule has 0 unspecified atom stereocenters. The van der Waals surface area contributed by atoms with Crippen LogP contribution in [-0.4, -0.2) is 30.4 Å². The predicted molar refractivity (Wildman–Crippen MR) is 152 cm³/mol. The number of nitrogens with zero attached hydrogens (tertiary/aromatic N) is 1. The van der Waals surface area contributed by atoms with E-state index in [0.29, 0.717) is 31.0 Å². The SMILES string of the molecule is Cc1ccc(NC(=O)COc2c(Br)cc(/C=C3/C(=O)NC(=O)N(c4ccc(Cl)cc4)C3=O)cc2Br)c(C)c1. The van der Waals surface area contributed by atoms with Crippen molar-refractivity contribution in [2.75, 3.05) is 16.8 Å². The molecule has 38 heavy (non-hydrogen) atoms. The molecule has 11 heteroatoms. The number of benzene rings is 3. The number of anilines is 2. The van der Waals surface area contributed by atoms with E-state index in [0.717, 1.165) is 16.0 Å². The minimum absolute atomic E-state index is 0.236. The second-order valence-electron chi connectivity index (χ2n) is 8.40. The van der Waals surface area contributed by atoms with E-state index in [1.165, 1.54) is 30.3 Å². The first-order valence-corrected chi connectivity index (χ1v) is 13.2. The number of halogens is 3. The van der Waals surface area contributed by atoms with Gasteiger partial charge in [0.25, 0.3) is 17.7 Å². The molecule has 1 fully saturated rings. The van der Waals surface area contributed by atoms with Crippen LogP contribution in [0.1, 0.15) is 16.7 Å². The summed E-state index contributed by atoms with van der Waals surface area (Å²) in [6, 6.07) is 14.2. The highest BCUT2D eigenvalue weighted by Gasteiger charge is 2.36. The lowest BCUT2D eigenvalue weighted by molar-refractivity contribution is -0.122. The molecule has 5 amide bonds. The van der Waals surface area contributed by atoms with Crippen LogP contribution in [0.3, 0.4) is 0 Å². The molecule has 1 heterocycles. The summed E-state index contributed by atoms with van der Waals surface area (Å²) in [5, 5.41) is 5.43. The van der Waals surface area contributed by atoms with Crippen LogP contribution >= 0.6 is 43.5 Å². The normalized spacial score (nSPS) is 14.5. The molecule has 0 aliphatic carbocycles. The number of hydrogen-bond donors (Lipinski definition) is 2. The molecule has 1 aliphatic heterocycles. The Morgan fingerprint density at radius 3 is 2.32 bits per heavy atom. The van der Waals surface area contributed by atoms with Gasteiger partial charge in [0.05, 0.1) is 14.6 Å². The summed E-state index contributed by atoms with van der Waals surface area (Å²) < 4.78 is 6.67. The maximum absolute atomic E-state index is 13.1. The minimum atomic E-state index is -0.857. The lowest BCUT2D eigenvalue weighted by atomic mass is 10.1. The number of hydrogen-bond acceptors (Lipinski definition) is 5. The van der Waals surface area contributed by atoms with Crippen molar-refractivity contribution in [3.63, 3.8) is 0 Å². The minimum Gasteiger partial charge on any atom is -0.481 e. The maximum atomic E-state index is 13.1. The Labute approximate surface area is 240 Å². The number of barbiturate groups is 1. The van der Waals surface area contributed by atoms with Gasteiger partial charge in [0, 0.05) is 10.7 Å². The highest BCUT2D eigenvalue weighted by atomic mass is 79.9. The third-order valence-electron chi connectivity index (χ3n) is 5.52. The number of carbonyl (C=O) groups is 4. The second-order valence-corrected chi connectivity index (χ2v) is 10.5. The molecule has 0 aromatic heterocycles. The van der Waals surface area contributed by atoms with E-state index in [1.54, 1.807) is 12.1 Å². The Bertz CT molecular complexity index is 1480.